The van der Waals surface area contributed by atoms with Crippen molar-refractivity contribution in [3.8, 4) is 22.6 Å². The Morgan fingerprint density at radius 3 is 2.15 bits per heavy atom. The molecular weight excluding hydrogens is 425 g/mol. The number of benzene rings is 3. The molecule has 1 saturated carbocycles. The first-order valence-electron chi connectivity index (χ1n) is 11.5. The Kier molecular flexibility index (Phi) is 7.26. The van der Waals surface area contributed by atoms with E-state index in [1.54, 1.807) is 48.5 Å². The van der Waals surface area contributed by atoms with E-state index >= 15 is 0 Å². The van der Waals surface area contributed by atoms with E-state index in [1.807, 2.05) is 0 Å². The molecule has 3 aromatic rings. The molecule has 0 radical (unpaired) electrons. The van der Waals surface area contributed by atoms with Crippen LogP contribution < -0.4 is 9.47 Å². The molecule has 33 heavy (non-hydrogen) atoms. The van der Waals surface area contributed by atoms with E-state index in [-0.39, 0.29) is 18.1 Å². The number of ether oxygens (including phenoxy) is 2. The smallest absolute Gasteiger partial charge is 0.166 e. The van der Waals surface area contributed by atoms with E-state index in [0.717, 1.165) is 32.1 Å². The summed E-state index contributed by atoms with van der Waals surface area (Å²) in [5.41, 5.74) is 1.69. The van der Waals surface area contributed by atoms with Gasteiger partial charge in [0.2, 0.25) is 0 Å². The van der Waals surface area contributed by atoms with Gasteiger partial charge < -0.3 is 9.47 Å². The van der Waals surface area contributed by atoms with Crippen LogP contribution in [-0.4, -0.2) is 7.11 Å². The van der Waals surface area contributed by atoms with Crippen molar-refractivity contribution in [3.05, 3.63) is 83.2 Å². The molecule has 1 aliphatic rings. The fourth-order valence-electron chi connectivity index (χ4n) is 4.65. The van der Waals surface area contributed by atoms with Crippen LogP contribution in [0.1, 0.15) is 56.1 Å². The zero-order chi connectivity index (χ0) is 23.4. The molecule has 0 spiro atoms. The Balaban J connectivity index is 1.45. The number of rotatable bonds is 7. The largest absolute Gasteiger partial charge is 0.497 e. The number of hydrogen-bond donors (Lipinski definition) is 0. The summed E-state index contributed by atoms with van der Waals surface area (Å²) >= 11 is 0. The van der Waals surface area contributed by atoms with Gasteiger partial charge in [0.05, 0.1) is 7.11 Å². The van der Waals surface area contributed by atoms with Crippen LogP contribution in [0.5, 0.6) is 11.5 Å². The second-order valence-electron chi connectivity index (χ2n) is 8.73. The van der Waals surface area contributed by atoms with E-state index in [9.17, 15) is 13.2 Å². The van der Waals surface area contributed by atoms with Crippen LogP contribution >= 0.6 is 0 Å². The number of halogens is 3. The molecule has 1 fully saturated rings. The Morgan fingerprint density at radius 1 is 0.818 bits per heavy atom. The molecule has 0 N–H and O–H groups in total. The van der Waals surface area contributed by atoms with E-state index in [0.29, 0.717) is 34.1 Å². The third kappa shape index (κ3) is 5.18. The SMILES string of the molecule is CCC1CCC(c2ccc(-c3ccc(OCc4ccc(OC)cc4F)cc3)c(F)c2F)CC1. The predicted octanol–water partition coefficient (Wildman–Crippen LogP) is 8.04. The molecule has 0 bridgehead atoms. The lowest BCUT2D eigenvalue weighted by atomic mass is 9.77. The average Bonchev–Trinajstić information content (AvgIpc) is 2.85. The second-order valence-corrected chi connectivity index (χ2v) is 8.73. The number of methoxy groups -OCH3 is 1. The maximum Gasteiger partial charge on any atom is 0.166 e. The summed E-state index contributed by atoms with van der Waals surface area (Å²) in [5, 5.41) is 0. The Labute approximate surface area is 193 Å². The van der Waals surface area contributed by atoms with Crippen molar-refractivity contribution < 1.29 is 22.6 Å². The molecule has 0 unspecified atom stereocenters. The summed E-state index contributed by atoms with van der Waals surface area (Å²) in [6.45, 7) is 2.24. The molecule has 0 saturated heterocycles. The van der Waals surface area contributed by atoms with Gasteiger partial charge in [-0.2, -0.15) is 0 Å². The van der Waals surface area contributed by atoms with Gasteiger partial charge in [0.15, 0.2) is 11.6 Å². The first kappa shape index (κ1) is 23.2. The normalized spacial score (nSPS) is 18.2. The highest BCUT2D eigenvalue weighted by molar-refractivity contribution is 5.65. The lowest BCUT2D eigenvalue weighted by Crippen LogP contribution is -2.14. The maximum absolute atomic E-state index is 15.0. The third-order valence-corrected chi connectivity index (χ3v) is 6.80. The predicted molar refractivity (Wildman–Crippen MR) is 124 cm³/mol. The van der Waals surface area contributed by atoms with Crippen LogP contribution in [0.4, 0.5) is 13.2 Å². The molecular formula is C28H29F3O2. The monoisotopic (exact) mass is 454 g/mol. The minimum atomic E-state index is -0.806. The second kappa shape index (κ2) is 10.3. The summed E-state index contributed by atoms with van der Waals surface area (Å²) in [6, 6.07) is 14.7. The van der Waals surface area contributed by atoms with Crippen molar-refractivity contribution in [1.29, 1.82) is 0 Å². The standard InChI is InChI=1S/C28H29F3O2/c1-3-18-4-6-19(7-5-18)24-14-15-25(28(31)27(24)30)20-8-11-22(12-9-20)33-17-21-10-13-23(32-2)16-26(21)29/h8-16,18-19H,3-7,17H2,1-2H3. The minimum absolute atomic E-state index is 0.0487. The van der Waals surface area contributed by atoms with Crippen molar-refractivity contribution in [3.63, 3.8) is 0 Å². The van der Waals surface area contributed by atoms with Gasteiger partial charge in [-0.3, -0.25) is 0 Å². The van der Waals surface area contributed by atoms with Crippen LogP contribution in [0, 0.1) is 23.4 Å². The fraction of sp³-hybridized carbons (Fsp3) is 0.357. The van der Waals surface area contributed by atoms with Crippen LogP contribution in [0.2, 0.25) is 0 Å². The average molecular weight is 455 g/mol. The summed E-state index contributed by atoms with van der Waals surface area (Å²) in [6.07, 6.45) is 5.12. The molecule has 3 aromatic carbocycles. The molecule has 2 nitrogen and oxygen atoms in total. The van der Waals surface area contributed by atoms with Crippen LogP contribution in [0.3, 0.4) is 0 Å². The highest BCUT2D eigenvalue weighted by Crippen LogP contribution is 2.39. The topological polar surface area (TPSA) is 18.5 Å². The molecule has 4 rings (SSSR count). The van der Waals surface area contributed by atoms with E-state index in [4.69, 9.17) is 9.47 Å². The Hall–Kier alpha value is -2.95. The van der Waals surface area contributed by atoms with E-state index in [2.05, 4.69) is 6.92 Å². The molecule has 0 amide bonds. The number of hydrogen-bond acceptors (Lipinski definition) is 2. The lowest BCUT2D eigenvalue weighted by molar-refractivity contribution is 0.299. The highest BCUT2D eigenvalue weighted by atomic mass is 19.2. The van der Waals surface area contributed by atoms with Gasteiger partial charge in [-0.1, -0.05) is 37.6 Å². The zero-order valence-corrected chi connectivity index (χ0v) is 19.0. The first-order chi connectivity index (χ1) is 16.0. The molecule has 1 aliphatic carbocycles. The van der Waals surface area contributed by atoms with Crippen LogP contribution in [0.15, 0.2) is 54.6 Å². The zero-order valence-electron chi connectivity index (χ0n) is 19.0. The summed E-state index contributed by atoms with van der Waals surface area (Å²) < 4.78 is 54.6. The Morgan fingerprint density at radius 2 is 1.52 bits per heavy atom. The van der Waals surface area contributed by atoms with Crippen molar-refractivity contribution in [2.45, 2.75) is 51.6 Å². The quantitative estimate of drug-likeness (QED) is 0.360. The molecule has 0 heterocycles. The van der Waals surface area contributed by atoms with E-state index in [1.165, 1.54) is 13.2 Å². The van der Waals surface area contributed by atoms with Gasteiger partial charge in [-0.15, -0.1) is 0 Å². The van der Waals surface area contributed by atoms with Gasteiger partial charge in [-0.05, 0) is 72.9 Å². The van der Waals surface area contributed by atoms with Gasteiger partial charge in [0.25, 0.3) is 0 Å². The Bertz CT molecular complexity index is 1090. The van der Waals surface area contributed by atoms with Crippen LogP contribution in [-0.2, 0) is 6.61 Å². The van der Waals surface area contributed by atoms with Crippen LogP contribution in [0.25, 0.3) is 11.1 Å². The lowest BCUT2D eigenvalue weighted by Gasteiger charge is -2.28. The van der Waals surface area contributed by atoms with Gasteiger partial charge >= 0.3 is 0 Å². The molecule has 0 atom stereocenters. The van der Waals surface area contributed by atoms with Crippen molar-refractivity contribution in [2.24, 2.45) is 5.92 Å². The third-order valence-electron chi connectivity index (χ3n) is 6.80. The molecule has 5 heteroatoms. The van der Waals surface area contributed by atoms with Crippen molar-refractivity contribution >= 4 is 0 Å². The van der Waals surface area contributed by atoms with Gasteiger partial charge in [-0.25, -0.2) is 13.2 Å². The van der Waals surface area contributed by atoms with Gasteiger partial charge in [0, 0.05) is 17.2 Å². The van der Waals surface area contributed by atoms with Gasteiger partial charge in [0.1, 0.15) is 23.9 Å². The first-order valence-corrected chi connectivity index (χ1v) is 11.5. The molecule has 0 aliphatic heterocycles. The van der Waals surface area contributed by atoms with E-state index < -0.39 is 17.5 Å². The summed E-state index contributed by atoms with van der Waals surface area (Å²) in [4.78, 5) is 0. The van der Waals surface area contributed by atoms with Crippen molar-refractivity contribution in [1.82, 2.24) is 0 Å². The molecule has 0 aromatic heterocycles. The maximum atomic E-state index is 15.0. The minimum Gasteiger partial charge on any atom is -0.497 e. The highest BCUT2D eigenvalue weighted by Gasteiger charge is 2.26. The molecule has 174 valence electrons. The fourth-order valence-corrected chi connectivity index (χ4v) is 4.65. The summed E-state index contributed by atoms with van der Waals surface area (Å²) in [7, 11) is 1.48. The van der Waals surface area contributed by atoms with Crippen molar-refractivity contribution in [2.75, 3.05) is 7.11 Å². The summed E-state index contributed by atoms with van der Waals surface area (Å²) in [5.74, 6) is -0.205.